The van der Waals surface area contributed by atoms with Gasteiger partial charge < -0.3 is 15.1 Å². The molecule has 1 aromatic carbocycles. The second kappa shape index (κ2) is 9.73. The first kappa shape index (κ1) is 20.4. The predicted octanol–water partition coefficient (Wildman–Crippen LogP) is 3.29. The molecule has 1 aliphatic rings. The van der Waals surface area contributed by atoms with Crippen LogP contribution in [0, 0.1) is 0 Å². The molecule has 2 heterocycles. The Morgan fingerprint density at radius 3 is 2.71 bits per heavy atom. The molecular weight excluding hydrogens is 368 g/mol. The number of hydrogen-bond donors (Lipinski definition) is 1. The van der Waals surface area contributed by atoms with Crippen molar-refractivity contribution in [2.75, 3.05) is 27.2 Å². The number of amides is 1. The highest BCUT2D eigenvalue weighted by atomic mass is 32.1. The number of carbonyl (C=O) groups excluding carboxylic acids is 1. The van der Waals surface area contributed by atoms with E-state index in [0.29, 0.717) is 13.0 Å². The second-order valence-corrected chi connectivity index (χ2v) is 8.19. The zero-order chi connectivity index (χ0) is 19.9. The van der Waals surface area contributed by atoms with Gasteiger partial charge in [0.05, 0.1) is 0 Å². The summed E-state index contributed by atoms with van der Waals surface area (Å²) in [6, 6.07) is 10.8. The number of rotatable bonds is 6. The quantitative estimate of drug-likeness (QED) is 0.600. The van der Waals surface area contributed by atoms with Crippen molar-refractivity contribution in [2.24, 2.45) is 4.99 Å². The van der Waals surface area contributed by atoms with E-state index in [-0.39, 0.29) is 5.91 Å². The molecule has 28 heavy (non-hydrogen) atoms. The Bertz CT molecular complexity index is 812. The number of carbonyl (C=O) groups is 1. The van der Waals surface area contributed by atoms with Crippen molar-refractivity contribution in [3.8, 4) is 0 Å². The van der Waals surface area contributed by atoms with Crippen molar-refractivity contribution in [3.63, 3.8) is 0 Å². The maximum atomic E-state index is 12.6. The fourth-order valence-electron chi connectivity index (χ4n) is 3.51. The normalized spacial score (nSPS) is 14.0. The maximum Gasteiger partial charge on any atom is 0.224 e. The highest BCUT2D eigenvalue weighted by Crippen LogP contribution is 2.24. The summed E-state index contributed by atoms with van der Waals surface area (Å²) in [6.45, 7) is 5.12. The summed E-state index contributed by atoms with van der Waals surface area (Å²) in [4.78, 5) is 22.4. The highest BCUT2D eigenvalue weighted by Gasteiger charge is 2.21. The predicted molar refractivity (Wildman–Crippen MR) is 117 cm³/mol. The van der Waals surface area contributed by atoms with Crippen LogP contribution in [0.4, 0.5) is 0 Å². The lowest BCUT2D eigenvalue weighted by atomic mass is 10.1. The zero-order valence-electron chi connectivity index (χ0n) is 17.1. The molecule has 0 saturated heterocycles. The Kier molecular flexibility index (Phi) is 7.09. The standard InChI is InChI=1S/C22H30N4OS/c1-4-17-5-7-18(8-6-17)15-25(3)22(23-2)24-12-9-21(27)26-13-10-20-19(16-26)11-14-28-20/h5-8,11,14H,4,9-10,12-13,15-16H2,1-3H3,(H,23,24). The van der Waals surface area contributed by atoms with E-state index in [1.165, 1.54) is 21.6 Å². The van der Waals surface area contributed by atoms with Gasteiger partial charge in [0.15, 0.2) is 5.96 Å². The van der Waals surface area contributed by atoms with Crippen molar-refractivity contribution in [1.82, 2.24) is 15.1 Å². The van der Waals surface area contributed by atoms with Gasteiger partial charge in [0.25, 0.3) is 0 Å². The van der Waals surface area contributed by atoms with Crippen LogP contribution in [0.15, 0.2) is 40.7 Å². The van der Waals surface area contributed by atoms with Gasteiger partial charge in [0, 0.05) is 51.6 Å². The molecule has 2 aromatic rings. The van der Waals surface area contributed by atoms with Gasteiger partial charge >= 0.3 is 0 Å². The van der Waals surface area contributed by atoms with Gasteiger partial charge in [-0.05, 0) is 41.0 Å². The Morgan fingerprint density at radius 1 is 1.25 bits per heavy atom. The van der Waals surface area contributed by atoms with Gasteiger partial charge in [-0.25, -0.2) is 0 Å². The summed E-state index contributed by atoms with van der Waals surface area (Å²) >= 11 is 1.80. The molecule has 0 aliphatic carbocycles. The van der Waals surface area contributed by atoms with Crippen LogP contribution in [0.25, 0.3) is 0 Å². The minimum atomic E-state index is 0.206. The number of fused-ring (bicyclic) bond motifs is 1. The van der Waals surface area contributed by atoms with Crippen LogP contribution < -0.4 is 5.32 Å². The third-order valence-corrected chi connectivity index (χ3v) is 6.23. The molecule has 1 N–H and O–H groups in total. The topological polar surface area (TPSA) is 47.9 Å². The Morgan fingerprint density at radius 2 is 2.00 bits per heavy atom. The second-order valence-electron chi connectivity index (χ2n) is 7.18. The molecule has 6 heteroatoms. The van der Waals surface area contributed by atoms with E-state index in [0.717, 1.165) is 38.4 Å². The molecule has 5 nitrogen and oxygen atoms in total. The molecule has 3 rings (SSSR count). The van der Waals surface area contributed by atoms with Crippen molar-refractivity contribution < 1.29 is 4.79 Å². The molecule has 150 valence electrons. The number of nitrogens with one attached hydrogen (secondary N) is 1. The van der Waals surface area contributed by atoms with E-state index >= 15 is 0 Å². The fraction of sp³-hybridized carbons (Fsp3) is 0.455. The third-order valence-electron chi connectivity index (χ3n) is 5.21. The lowest BCUT2D eigenvalue weighted by Crippen LogP contribution is -2.41. The van der Waals surface area contributed by atoms with Gasteiger partial charge in [-0.3, -0.25) is 9.79 Å². The van der Waals surface area contributed by atoms with Gasteiger partial charge in [0.2, 0.25) is 5.91 Å². The number of benzene rings is 1. The Labute approximate surface area is 172 Å². The summed E-state index contributed by atoms with van der Waals surface area (Å²) < 4.78 is 0. The third kappa shape index (κ3) is 5.13. The van der Waals surface area contributed by atoms with Crippen LogP contribution >= 0.6 is 11.3 Å². The van der Waals surface area contributed by atoms with E-state index in [9.17, 15) is 4.79 Å². The van der Waals surface area contributed by atoms with Crippen LogP contribution in [0.1, 0.15) is 34.9 Å². The van der Waals surface area contributed by atoms with E-state index in [1.54, 1.807) is 18.4 Å². The van der Waals surface area contributed by atoms with E-state index in [2.05, 4.69) is 57.8 Å². The number of aryl methyl sites for hydroxylation is 1. The lowest BCUT2D eigenvalue weighted by Gasteiger charge is -2.27. The van der Waals surface area contributed by atoms with Crippen molar-refractivity contribution in [1.29, 1.82) is 0 Å². The summed E-state index contributed by atoms with van der Waals surface area (Å²) in [6.07, 6.45) is 2.52. The van der Waals surface area contributed by atoms with Crippen LogP contribution in [0.5, 0.6) is 0 Å². The van der Waals surface area contributed by atoms with Crippen molar-refractivity contribution >= 4 is 23.2 Å². The van der Waals surface area contributed by atoms with Gasteiger partial charge in [-0.2, -0.15) is 0 Å². The van der Waals surface area contributed by atoms with Crippen LogP contribution in [0.2, 0.25) is 0 Å². The Balaban J connectivity index is 1.45. The molecule has 0 saturated carbocycles. The minimum absolute atomic E-state index is 0.206. The number of hydrogen-bond acceptors (Lipinski definition) is 3. The smallest absolute Gasteiger partial charge is 0.224 e. The van der Waals surface area contributed by atoms with E-state index < -0.39 is 0 Å². The first-order chi connectivity index (χ1) is 13.6. The average Bonchev–Trinajstić information content (AvgIpc) is 3.19. The highest BCUT2D eigenvalue weighted by molar-refractivity contribution is 7.10. The Hall–Kier alpha value is -2.34. The van der Waals surface area contributed by atoms with Crippen molar-refractivity contribution in [3.05, 3.63) is 57.3 Å². The molecule has 0 spiro atoms. The molecular formula is C22H30N4OS. The van der Waals surface area contributed by atoms with Crippen LogP contribution in [-0.4, -0.2) is 48.9 Å². The van der Waals surface area contributed by atoms with Gasteiger partial charge in [-0.1, -0.05) is 31.2 Å². The van der Waals surface area contributed by atoms with E-state index in [4.69, 9.17) is 0 Å². The van der Waals surface area contributed by atoms with Gasteiger partial charge in [-0.15, -0.1) is 11.3 Å². The molecule has 0 fully saturated rings. The number of nitrogens with zero attached hydrogens (tertiary/aromatic N) is 3. The molecule has 0 atom stereocenters. The van der Waals surface area contributed by atoms with Crippen molar-refractivity contribution in [2.45, 2.75) is 39.3 Å². The summed E-state index contributed by atoms with van der Waals surface area (Å²) in [5.74, 6) is 1.02. The monoisotopic (exact) mass is 398 g/mol. The first-order valence-electron chi connectivity index (χ1n) is 9.93. The average molecular weight is 399 g/mol. The number of thiophene rings is 1. The van der Waals surface area contributed by atoms with Crippen LogP contribution in [0.3, 0.4) is 0 Å². The van der Waals surface area contributed by atoms with E-state index in [1.807, 2.05) is 11.9 Å². The molecule has 1 aliphatic heterocycles. The molecule has 0 bridgehead atoms. The lowest BCUT2D eigenvalue weighted by molar-refractivity contribution is -0.131. The summed E-state index contributed by atoms with van der Waals surface area (Å²) in [5, 5.41) is 5.45. The van der Waals surface area contributed by atoms with Gasteiger partial charge in [0.1, 0.15) is 0 Å². The first-order valence-corrected chi connectivity index (χ1v) is 10.8. The molecule has 1 aromatic heterocycles. The molecule has 1 amide bonds. The molecule has 0 unspecified atom stereocenters. The number of aliphatic imine (C=N–C) groups is 1. The van der Waals surface area contributed by atoms with Crippen LogP contribution in [-0.2, 0) is 30.7 Å². The summed E-state index contributed by atoms with van der Waals surface area (Å²) in [5.41, 5.74) is 3.90. The largest absolute Gasteiger partial charge is 0.356 e. The molecule has 0 radical (unpaired) electrons. The summed E-state index contributed by atoms with van der Waals surface area (Å²) in [7, 11) is 3.80. The SMILES string of the molecule is CCc1ccc(CN(C)C(=NC)NCCC(=O)N2CCc3sccc3C2)cc1. The fourth-order valence-corrected chi connectivity index (χ4v) is 4.40. The number of guanidine groups is 1. The zero-order valence-corrected chi connectivity index (χ0v) is 17.9. The minimum Gasteiger partial charge on any atom is -0.356 e. The maximum absolute atomic E-state index is 12.6.